The minimum atomic E-state index is 0.766. The Bertz CT molecular complexity index is 185. The van der Waals surface area contributed by atoms with Gasteiger partial charge in [0.2, 0.25) is 0 Å². The second-order valence-electron chi connectivity index (χ2n) is 5.70. The Kier molecular flexibility index (Phi) is 5.11. The van der Waals surface area contributed by atoms with Gasteiger partial charge < -0.3 is 10.2 Å². The van der Waals surface area contributed by atoms with Gasteiger partial charge in [-0.05, 0) is 25.2 Å². The van der Waals surface area contributed by atoms with Crippen LogP contribution in [0.3, 0.4) is 0 Å². The van der Waals surface area contributed by atoms with Crippen LogP contribution in [-0.2, 0) is 0 Å². The summed E-state index contributed by atoms with van der Waals surface area (Å²) in [5.74, 6) is 1.01. The zero-order valence-corrected chi connectivity index (χ0v) is 10.9. The van der Waals surface area contributed by atoms with Crippen molar-refractivity contribution in [3.63, 3.8) is 0 Å². The first-order chi connectivity index (χ1) is 7.88. The first-order valence-electron chi connectivity index (χ1n) is 7.34. The van der Waals surface area contributed by atoms with Crippen molar-refractivity contribution in [1.82, 2.24) is 10.2 Å². The number of nitrogens with one attached hydrogen (secondary N) is 1. The van der Waals surface area contributed by atoms with E-state index in [1.165, 1.54) is 71.1 Å². The third-order valence-electron chi connectivity index (χ3n) is 4.22. The van der Waals surface area contributed by atoms with E-state index in [0.29, 0.717) is 0 Å². The number of hydrogen-bond donors (Lipinski definition) is 1. The van der Waals surface area contributed by atoms with E-state index in [1.807, 2.05) is 0 Å². The van der Waals surface area contributed by atoms with Crippen LogP contribution in [0, 0.1) is 5.92 Å². The van der Waals surface area contributed by atoms with Gasteiger partial charge in [0.15, 0.2) is 0 Å². The van der Waals surface area contributed by atoms with Crippen molar-refractivity contribution in [3.8, 4) is 0 Å². The molecule has 0 aromatic heterocycles. The number of hydrogen-bond acceptors (Lipinski definition) is 2. The molecular weight excluding hydrogens is 196 g/mol. The lowest BCUT2D eigenvalue weighted by molar-refractivity contribution is 0.152. The largest absolute Gasteiger partial charge is 0.311 e. The third-order valence-corrected chi connectivity index (χ3v) is 4.22. The lowest BCUT2D eigenvalue weighted by atomic mass is 9.88. The molecule has 1 heterocycles. The van der Waals surface area contributed by atoms with Crippen molar-refractivity contribution in [2.24, 2.45) is 5.92 Å². The Morgan fingerprint density at radius 2 is 2.00 bits per heavy atom. The second-order valence-corrected chi connectivity index (χ2v) is 5.70. The van der Waals surface area contributed by atoms with Gasteiger partial charge in [0.05, 0.1) is 0 Å². The number of piperazine rings is 1. The maximum Gasteiger partial charge on any atom is 0.0195 e. The van der Waals surface area contributed by atoms with Gasteiger partial charge in [0, 0.05) is 32.2 Å². The molecule has 1 N–H and O–H groups in total. The predicted octanol–water partition coefficient (Wildman–Crippen LogP) is 2.64. The maximum absolute atomic E-state index is 3.65. The zero-order valence-electron chi connectivity index (χ0n) is 10.9. The van der Waals surface area contributed by atoms with E-state index >= 15 is 0 Å². The summed E-state index contributed by atoms with van der Waals surface area (Å²) in [6, 6.07) is 0.766. The highest BCUT2D eigenvalue weighted by Crippen LogP contribution is 2.24. The summed E-state index contributed by atoms with van der Waals surface area (Å²) in [7, 11) is 0. The van der Waals surface area contributed by atoms with Gasteiger partial charge in [-0.1, -0.05) is 32.6 Å². The molecule has 2 heteroatoms. The molecule has 0 aromatic rings. The molecule has 2 rings (SSSR count). The minimum Gasteiger partial charge on any atom is -0.311 e. The van der Waals surface area contributed by atoms with Gasteiger partial charge in [-0.25, -0.2) is 0 Å². The normalized spacial score (nSPS) is 29.4. The van der Waals surface area contributed by atoms with Crippen LogP contribution in [0.2, 0.25) is 0 Å². The highest BCUT2D eigenvalue weighted by molar-refractivity contribution is 4.80. The van der Waals surface area contributed by atoms with Crippen molar-refractivity contribution in [3.05, 3.63) is 0 Å². The zero-order chi connectivity index (χ0) is 11.2. The fourth-order valence-corrected chi connectivity index (χ4v) is 3.34. The van der Waals surface area contributed by atoms with Crippen LogP contribution in [0.25, 0.3) is 0 Å². The highest BCUT2D eigenvalue weighted by Gasteiger charge is 2.22. The Balaban J connectivity index is 1.71. The molecule has 0 bridgehead atoms. The van der Waals surface area contributed by atoms with E-state index < -0.39 is 0 Å². The summed E-state index contributed by atoms with van der Waals surface area (Å²) >= 11 is 0. The van der Waals surface area contributed by atoms with Crippen molar-refractivity contribution in [1.29, 1.82) is 0 Å². The molecule has 0 radical (unpaired) electrons. The van der Waals surface area contributed by atoms with Gasteiger partial charge in [0.1, 0.15) is 0 Å². The van der Waals surface area contributed by atoms with Crippen LogP contribution in [-0.4, -0.2) is 37.1 Å². The molecule has 1 saturated heterocycles. The standard InChI is InChI=1S/C14H28N2/c1-2-6-14-12-16(10-9-15-14)11-13-7-4-3-5-8-13/h13-15H,2-12H2,1H3. The molecule has 16 heavy (non-hydrogen) atoms. The maximum atomic E-state index is 3.65. The third kappa shape index (κ3) is 3.74. The van der Waals surface area contributed by atoms with Crippen LogP contribution >= 0.6 is 0 Å². The van der Waals surface area contributed by atoms with Crippen LogP contribution in [0.4, 0.5) is 0 Å². The molecule has 1 saturated carbocycles. The molecule has 2 aliphatic rings. The first kappa shape index (κ1) is 12.4. The number of rotatable bonds is 4. The van der Waals surface area contributed by atoms with Gasteiger partial charge in [-0.2, -0.15) is 0 Å². The first-order valence-corrected chi connectivity index (χ1v) is 7.34. The SMILES string of the molecule is CCCC1CN(CC2CCCCC2)CCN1. The molecule has 94 valence electrons. The highest BCUT2D eigenvalue weighted by atomic mass is 15.2. The average molecular weight is 224 g/mol. The molecule has 0 aromatic carbocycles. The molecule has 0 spiro atoms. The molecule has 1 atom stereocenters. The minimum absolute atomic E-state index is 0.766. The van der Waals surface area contributed by atoms with Crippen LogP contribution in [0.5, 0.6) is 0 Å². The van der Waals surface area contributed by atoms with Crippen molar-refractivity contribution in [2.45, 2.75) is 57.9 Å². The van der Waals surface area contributed by atoms with Crippen molar-refractivity contribution < 1.29 is 0 Å². The summed E-state index contributed by atoms with van der Waals surface area (Å²) in [5.41, 5.74) is 0. The molecule has 1 unspecified atom stereocenters. The summed E-state index contributed by atoms with van der Waals surface area (Å²) in [4.78, 5) is 2.72. The Labute approximate surface area is 101 Å². The van der Waals surface area contributed by atoms with E-state index in [9.17, 15) is 0 Å². The van der Waals surface area contributed by atoms with Crippen LogP contribution < -0.4 is 5.32 Å². The molecule has 2 nitrogen and oxygen atoms in total. The van der Waals surface area contributed by atoms with Gasteiger partial charge in [0.25, 0.3) is 0 Å². The fraction of sp³-hybridized carbons (Fsp3) is 1.00. The molecule has 1 aliphatic heterocycles. The van der Waals surface area contributed by atoms with Crippen molar-refractivity contribution in [2.75, 3.05) is 26.2 Å². The number of nitrogens with zero attached hydrogens (tertiary/aromatic N) is 1. The summed E-state index contributed by atoms with van der Waals surface area (Å²) < 4.78 is 0. The summed E-state index contributed by atoms with van der Waals surface area (Å²) in [6.45, 7) is 7.45. The van der Waals surface area contributed by atoms with E-state index in [2.05, 4.69) is 17.1 Å². The smallest absolute Gasteiger partial charge is 0.0195 e. The molecule has 1 aliphatic carbocycles. The topological polar surface area (TPSA) is 15.3 Å². The molecule has 2 fully saturated rings. The van der Waals surface area contributed by atoms with Crippen LogP contribution in [0.1, 0.15) is 51.9 Å². The van der Waals surface area contributed by atoms with Crippen molar-refractivity contribution >= 4 is 0 Å². The molecule has 0 amide bonds. The summed E-state index contributed by atoms with van der Waals surface area (Å²) in [5, 5.41) is 3.65. The van der Waals surface area contributed by atoms with Gasteiger partial charge in [-0.15, -0.1) is 0 Å². The quantitative estimate of drug-likeness (QED) is 0.790. The van der Waals surface area contributed by atoms with Gasteiger partial charge >= 0.3 is 0 Å². The monoisotopic (exact) mass is 224 g/mol. The lowest BCUT2D eigenvalue weighted by Gasteiger charge is -2.36. The lowest BCUT2D eigenvalue weighted by Crippen LogP contribution is -2.51. The van der Waals surface area contributed by atoms with E-state index in [1.54, 1.807) is 0 Å². The second kappa shape index (κ2) is 6.61. The molecular formula is C14H28N2. The summed E-state index contributed by atoms with van der Waals surface area (Å²) in [6.07, 6.45) is 10.1. The average Bonchev–Trinajstić information content (AvgIpc) is 2.31. The van der Waals surface area contributed by atoms with E-state index in [4.69, 9.17) is 0 Å². The fourth-order valence-electron chi connectivity index (χ4n) is 3.34. The van der Waals surface area contributed by atoms with E-state index in [-0.39, 0.29) is 0 Å². The predicted molar refractivity (Wildman–Crippen MR) is 69.7 cm³/mol. The Hall–Kier alpha value is -0.0800. The Morgan fingerprint density at radius 1 is 1.19 bits per heavy atom. The van der Waals surface area contributed by atoms with Gasteiger partial charge in [-0.3, -0.25) is 0 Å². The Morgan fingerprint density at radius 3 is 2.75 bits per heavy atom. The van der Waals surface area contributed by atoms with E-state index in [0.717, 1.165) is 12.0 Å². The van der Waals surface area contributed by atoms with Crippen LogP contribution in [0.15, 0.2) is 0 Å².